The Balaban J connectivity index is 1.51. The van der Waals surface area contributed by atoms with E-state index in [1.54, 1.807) is 6.92 Å². The lowest BCUT2D eigenvalue weighted by molar-refractivity contribution is -0.135. The predicted molar refractivity (Wildman–Crippen MR) is 89.3 cm³/mol. The highest BCUT2D eigenvalue weighted by Crippen LogP contribution is 2.42. The first-order chi connectivity index (χ1) is 11.4. The van der Waals surface area contributed by atoms with Gasteiger partial charge in [-0.1, -0.05) is 24.3 Å². The van der Waals surface area contributed by atoms with E-state index in [0.29, 0.717) is 6.54 Å². The number of hydrogen-bond donors (Lipinski definition) is 2. The van der Waals surface area contributed by atoms with Gasteiger partial charge in [-0.3, -0.25) is 14.5 Å². The first-order valence-corrected chi connectivity index (χ1v) is 8.37. The van der Waals surface area contributed by atoms with Crippen LogP contribution in [0.2, 0.25) is 0 Å². The summed E-state index contributed by atoms with van der Waals surface area (Å²) in [7, 11) is 0. The molecule has 6 heteroatoms. The summed E-state index contributed by atoms with van der Waals surface area (Å²) in [4.78, 5) is 37.6. The van der Waals surface area contributed by atoms with Crippen molar-refractivity contribution in [3.05, 3.63) is 35.4 Å². The standard InChI is InChI=1S/C18H23N3O3/c1-12-5-3-4-6-13(12)9-10-19-15(22)11-21-16(23)18(2,14-7-8-14)20-17(21)24/h3-6,14H,7-11H2,1-2H3,(H,19,22)(H,20,24). The molecular formula is C18H23N3O3. The minimum Gasteiger partial charge on any atom is -0.354 e. The Morgan fingerprint density at radius 3 is 2.71 bits per heavy atom. The highest BCUT2D eigenvalue weighted by molar-refractivity contribution is 6.09. The molecule has 1 saturated heterocycles. The third-order valence-electron chi connectivity index (χ3n) is 4.97. The number of aryl methyl sites for hydroxylation is 1. The van der Waals surface area contributed by atoms with Crippen molar-refractivity contribution in [2.24, 2.45) is 5.92 Å². The molecule has 0 radical (unpaired) electrons. The largest absolute Gasteiger partial charge is 0.354 e. The molecule has 1 aromatic carbocycles. The molecule has 1 aliphatic carbocycles. The van der Waals surface area contributed by atoms with Gasteiger partial charge in [-0.25, -0.2) is 4.79 Å². The second kappa shape index (κ2) is 6.26. The van der Waals surface area contributed by atoms with E-state index >= 15 is 0 Å². The Kier molecular flexibility index (Phi) is 4.30. The van der Waals surface area contributed by atoms with Crippen LogP contribution in [0.1, 0.15) is 30.9 Å². The van der Waals surface area contributed by atoms with E-state index in [0.717, 1.165) is 24.2 Å². The van der Waals surface area contributed by atoms with E-state index in [1.165, 1.54) is 11.1 Å². The molecule has 2 N–H and O–H groups in total. The number of nitrogens with zero attached hydrogens (tertiary/aromatic N) is 1. The Labute approximate surface area is 141 Å². The number of carbonyl (C=O) groups is 3. The SMILES string of the molecule is Cc1ccccc1CCNC(=O)CN1C(=O)NC(C)(C2CC2)C1=O. The van der Waals surface area contributed by atoms with Crippen LogP contribution in [0.5, 0.6) is 0 Å². The third-order valence-corrected chi connectivity index (χ3v) is 4.97. The molecule has 128 valence electrons. The molecule has 1 unspecified atom stereocenters. The lowest BCUT2D eigenvalue weighted by atomic mass is 9.96. The van der Waals surface area contributed by atoms with Gasteiger partial charge in [-0.15, -0.1) is 0 Å². The molecule has 6 nitrogen and oxygen atoms in total. The van der Waals surface area contributed by atoms with Gasteiger partial charge in [-0.2, -0.15) is 0 Å². The van der Waals surface area contributed by atoms with Crippen molar-refractivity contribution in [1.29, 1.82) is 0 Å². The normalized spacial score (nSPS) is 23.3. The van der Waals surface area contributed by atoms with Crippen LogP contribution in [0.25, 0.3) is 0 Å². The van der Waals surface area contributed by atoms with Crippen LogP contribution in [0.15, 0.2) is 24.3 Å². The molecule has 2 fully saturated rings. The zero-order valence-electron chi connectivity index (χ0n) is 14.1. The summed E-state index contributed by atoms with van der Waals surface area (Å²) in [5.41, 5.74) is 1.52. The Hall–Kier alpha value is -2.37. The smallest absolute Gasteiger partial charge is 0.325 e. The van der Waals surface area contributed by atoms with E-state index in [1.807, 2.05) is 31.2 Å². The monoisotopic (exact) mass is 329 g/mol. The molecule has 1 aliphatic heterocycles. The summed E-state index contributed by atoms with van der Waals surface area (Å²) in [6, 6.07) is 7.54. The number of hydrogen-bond acceptors (Lipinski definition) is 3. The maximum absolute atomic E-state index is 12.5. The molecular weight excluding hydrogens is 306 g/mol. The number of imide groups is 1. The van der Waals surface area contributed by atoms with Crippen LogP contribution >= 0.6 is 0 Å². The molecule has 24 heavy (non-hydrogen) atoms. The van der Waals surface area contributed by atoms with Gasteiger partial charge in [0.1, 0.15) is 12.1 Å². The van der Waals surface area contributed by atoms with Crippen LogP contribution in [0.4, 0.5) is 4.79 Å². The second-order valence-corrected chi connectivity index (χ2v) is 6.82. The van der Waals surface area contributed by atoms with Crippen LogP contribution in [-0.2, 0) is 16.0 Å². The maximum Gasteiger partial charge on any atom is 0.325 e. The molecule has 0 spiro atoms. The number of amides is 4. The van der Waals surface area contributed by atoms with Gasteiger partial charge in [0, 0.05) is 6.54 Å². The van der Waals surface area contributed by atoms with Crippen molar-refractivity contribution in [3.63, 3.8) is 0 Å². The van der Waals surface area contributed by atoms with Crippen molar-refractivity contribution >= 4 is 17.8 Å². The van der Waals surface area contributed by atoms with E-state index < -0.39 is 11.6 Å². The number of rotatable bonds is 6. The molecule has 2 aliphatic rings. The van der Waals surface area contributed by atoms with Gasteiger partial charge in [0.05, 0.1) is 0 Å². The van der Waals surface area contributed by atoms with Crippen LogP contribution in [0.3, 0.4) is 0 Å². The van der Waals surface area contributed by atoms with Gasteiger partial charge in [0.25, 0.3) is 5.91 Å². The van der Waals surface area contributed by atoms with Crippen molar-refractivity contribution in [3.8, 4) is 0 Å². The minimum atomic E-state index is -0.835. The summed E-state index contributed by atoms with van der Waals surface area (Å²) in [6.45, 7) is 4.04. The molecule has 0 bridgehead atoms. The zero-order valence-corrected chi connectivity index (χ0v) is 14.1. The highest BCUT2D eigenvalue weighted by atomic mass is 16.2. The number of nitrogens with one attached hydrogen (secondary N) is 2. The average Bonchev–Trinajstić information content (AvgIpc) is 3.36. The lowest BCUT2D eigenvalue weighted by Gasteiger charge is -2.20. The molecule has 4 amide bonds. The Morgan fingerprint density at radius 1 is 1.33 bits per heavy atom. The van der Waals surface area contributed by atoms with Gasteiger partial charge >= 0.3 is 6.03 Å². The fourth-order valence-electron chi connectivity index (χ4n) is 3.22. The summed E-state index contributed by atoms with van der Waals surface area (Å²) >= 11 is 0. The van der Waals surface area contributed by atoms with Crippen LogP contribution in [0, 0.1) is 12.8 Å². The average molecular weight is 329 g/mol. The van der Waals surface area contributed by atoms with Crippen molar-refractivity contribution in [1.82, 2.24) is 15.5 Å². The second-order valence-electron chi connectivity index (χ2n) is 6.82. The Morgan fingerprint density at radius 2 is 2.04 bits per heavy atom. The van der Waals surface area contributed by atoms with Crippen molar-refractivity contribution in [2.75, 3.05) is 13.1 Å². The van der Waals surface area contributed by atoms with Gasteiger partial charge in [0.2, 0.25) is 5.91 Å². The molecule has 1 atom stereocenters. The minimum absolute atomic E-state index is 0.197. The van der Waals surface area contributed by atoms with E-state index in [2.05, 4.69) is 10.6 Å². The summed E-state index contributed by atoms with van der Waals surface area (Å²) in [6.07, 6.45) is 2.61. The molecule has 0 aromatic heterocycles. The lowest BCUT2D eigenvalue weighted by Crippen LogP contribution is -2.47. The summed E-state index contributed by atoms with van der Waals surface area (Å²) in [5, 5.41) is 5.53. The number of benzene rings is 1. The van der Waals surface area contributed by atoms with E-state index in [9.17, 15) is 14.4 Å². The summed E-state index contributed by atoms with van der Waals surface area (Å²) < 4.78 is 0. The van der Waals surface area contributed by atoms with Gasteiger partial charge in [0.15, 0.2) is 0 Å². The quantitative estimate of drug-likeness (QED) is 0.774. The number of urea groups is 1. The first kappa shape index (κ1) is 16.5. The highest BCUT2D eigenvalue weighted by Gasteiger charge is 2.56. The summed E-state index contributed by atoms with van der Waals surface area (Å²) in [5.74, 6) is -0.403. The molecule has 1 aromatic rings. The maximum atomic E-state index is 12.5. The predicted octanol–water partition coefficient (Wildman–Crippen LogP) is 1.37. The zero-order chi connectivity index (χ0) is 17.3. The molecule has 1 saturated carbocycles. The van der Waals surface area contributed by atoms with Crippen molar-refractivity contribution in [2.45, 2.75) is 38.6 Å². The fourth-order valence-corrected chi connectivity index (χ4v) is 3.22. The first-order valence-electron chi connectivity index (χ1n) is 8.37. The molecule has 3 rings (SSSR count). The number of carbonyl (C=O) groups excluding carboxylic acids is 3. The fraction of sp³-hybridized carbons (Fsp3) is 0.500. The molecule has 1 heterocycles. The topological polar surface area (TPSA) is 78.5 Å². The van der Waals surface area contributed by atoms with Crippen LogP contribution in [-0.4, -0.2) is 41.4 Å². The van der Waals surface area contributed by atoms with Crippen molar-refractivity contribution < 1.29 is 14.4 Å². The van der Waals surface area contributed by atoms with Gasteiger partial charge < -0.3 is 10.6 Å². The third kappa shape index (κ3) is 3.13. The Bertz CT molecular complexity index is 684. The van der Waals surface area contributed by atoms with E-state index in [-0.39, 0.29) is 24.3 Å². The van der Waals surface area contributed by atoms with Crippen LogP contribution < -0.4 is 10.6 Å². The van der Waals surface area contributed by atoms with Gasteiger partial charge in [-0.05, 0) is 50.2 Å². The van der Waals surface area contributed by atoms with E-state index in [4.69, 9.17) is 0 Å².